The Morgan fingerprint density at radius 1 is 0.903 bits per heavy atom. The van der Waals surface area contributed by atoms with E-state index < -0.39 is 33.9 Å². The lowest BCUT2D eigenvalue weighted by molar-refractivity contribution is -0.147. The monoisotopic (exact) mass is 468 g/mol. The molecule has 2 N–H and O–H groups in total. The summed E-state index contributed by atoms with van der Waals surface area (Å²) in [5.41, 5.74) is 1.53. The zero-order valence-electron chi connectivity index (χ0n) is 16.8. The third kappa shape index (κ3) is 9.82. The van der Waals surface area contributed by atoms with Crippen LogP contribution in [0.1, 0.15) is 17.5 Å². The molecule has 0 fully saturated rings. The van der Waals surface area contributed by atoms with Gasteiger partial charge in [0.15, 0.2) is 0 Å². The molecule has 0 saturated heterocycles. The molecular weight excluding hydrogens is 444 g/mol. The number of amides is 1. The highest BCUT2D eigenvalue weighted by Crippen LogP contribution is 2.06. The smallest absolute Gasteiger partial charge is 0.408 e. The number of carbonyl (C=O) groups excluding carboxylic acids is 2. The fourth-order valence-corrected chi connectivity index (χ4v) is 3.83. The van der Waals surface area contributed by atoms with E-state index >= 15 is 0 Å². The Hall–Kier alpha value is -2.62. The van der Waals surface area contributed by atoms with E-state index in [0.29, 0.717) is 0 Å². The first-order chi connectivity index (χ1) is 14.9. The van der Waals surface area contributed by atoms with Gasteiger partial charge in [0, 0.05) is 12.4 Å². The summed E-state index contributed by atoms with van der Waals surface area (Å²) >= 11 is 5.50. The molecule has 31 heavy (non-hydrogen) atoms. The normalized spacial score (nSPS) is 12.0. The van der Waals surface area contributed by atoms with Crippen molar-refractivity contribution in [1.29, 1.82) is 0 Å². The van der Waals surface area contributed by atoms with Crippen LogP contribution in [0.5, 0.6) is 0 Å². The molecule has 2 aromatic carbocycles. The maximum absolute atomic E-state index is 12.5. The van der Waals surface area contributed by atoms with Crippen molar-refractivity contribution in [2.24, 2.45) is 0 Å². The molecule has 0 aliphatic carbocycles. The molecule has 0 unspecified atom stereocenters. The minimum absolute atomic E-state index is 0.00579. The van der Waals surface area contributed by atoms with Crippen LogP contribution in [0.4, 0.5) is 4.79 Å². The fraction of sp³-hybridized carbons (Fsp3) is 0.333. The number of alkyl carbamates (subject to hydrolysis) is 1. The summed E-state index contributed by atoms with van der Waals surface area (Å²) in [6.45, 7) is 0.0712. The molecule has 2 aromatic rings. The first-order valence-corrected chi connectivity index (χ1v) is 11.8. The summed E-state index contributed by atoms with van der Waals surface area (Å²) in [6.07, 6.45) is -1.04. The quantitative estimate of drug-likeness (QED) is 0.366. The minimum Gasteiger partial charge on any atom is -0.459 e. The zero-order valence-corrected chi connectivity index (χ0v) is 18.4. The average Bonchev–Trinajstić information content (AvgIpc) is 2.79. The third-order valence-corrected chi connectivity index (χ3v) is 5.71. The molecular formula is C21H25ClN2O6S. The Balaban J connectivity index is 1.96. The first kappa shape index (κ1) is 24.6. The SMILES string of the molecule is O=C(N[C@@H](CCS(=O)(=O)NCCCl)C(=O)OCc1ccccc1)OCc1ccccc1. The van der Waals surface area contributed by atoms with E-state index in [4.69, 9.17) is 21.1 Å². The average molecular weight is 469 g/mol. The van der Waals surface area contributed by atoms with Crippen molar-refractivity contribution in [1.82, 2.24) is 10.0 Å². The molecule has 0 saturated carbocycles. The number of sulfonamides is 1. The minimum atomic E-state index is -3.66. The van der Waals surface area contributed by atoms with Gasteiger partial charge in [-0.05, 0) is 17.5 Å². The number of nitrogens with one attached hydrogen (secondary N) is 2. The van der Waals surface area contributed by atoms with Crippen LogP contribution < -0.4 is 10.0 Å². The van der Waals surface area contributed by atoms with Crippen LogP contribution in [-0.2, 0) is 37.5 Å². The molecule has 1 amide bonds. The molecule has 0 spiro atoms. The maximum atomic E-state index is 12.5. The standard InChI is InChI=1S/C21H25ClN2O6S/c22-12-13-23-31(27,28)14-11-19(20(25)29-15-17-7-3-1-4-8-17)24-21(26)30-16-18-9-5-2-6-10-18/h1-10,19,23H,11-16H2,(H,24,26)/t19-/m0/s1. The largest absolute Gasteiger partial charge is 0.459 e. The fourth-order valence-electron chi connectivity index (χ4n) is 2.52. The van der Waals surface area contributed by atoms with Crippen LogP contribution in [0.2, 0.25) is 0 Å². The lowest BCUT2D eigenvalue weighted by Crippen LogP contribution is -2.44. The van der Waals surface area contributed by atoms with Crippen molar-refractivity contribution in [3.8, 4) is 0 Å². The van der Waals surface area contributed by atoms with E-state index in [1.165, 1.54) is 0 Å². The Morgan fingerprint density at radius 3 is 2.00 bits per heavy atom. The topological polar surface area (TPSA) is 111 Å². The molecule has 10 heteroatoms. The van der Waals surface area contributed by atoms with Crippen LogP contribution in [0.3, 0.4) is 0 Å². The number of alkyl halides is 1. The van der Waals surface area contributed by atoms with Gasteiger partial charge in [0.1, 0.15) is 19.3 Å². The van der Waals surface area contributed by atoms with E-state index in [0.717, 1.165) is 11.1 Å². The lowest BCUT2D eigenvalue weighted by Gasteiger charge is -2.18. The first-order valence-electron chi connectivity index (χ1n) is 9.60. The molecule has 168 valence electrons. The van der Waals surface area contributed by atoms with Gasteiger partial charge in [-0.25, -0.2) is 22.7 Å². The summed E-state index contributed by atoms with van der Waals surface area (Å²) in [4.78, 5) is 24.7. The van der Waals surface area contributed by atoms with E-state index in [1.54, 1.807) is 48.5 Å². The highest BCUT2D eigenvalue weighted by atomic mass is 35.5. The van der Waals surface area contributed by atoms with Crippen molar-refractivity contribution in [2.45, 2.75) is 25.7 Å². The van der Waals surface area contributed by atoms with Crippen LogP contribution in [-0.4, -0.2) is 44.7 Å². The number of esters is 1. The van der Waals surface area contributed by atoms with Gasteiger partial charge >= 0.3 is 12.1 Å². The van der Waals surface area contributed by atoms with Crippen molar-refractivity contribution in [3.63, 3.8) is 0 Å². The van der Waals surface area contributed by atoms with Crippen molar-refractivity contribution >= 4 is 33.7 Å². The van der Waals surface area contributed by atoms with E-state index in [1.807, 2.05) is 12.1 Å². The van der Waals surface area contributed by atoms with Crippen molar-refractivity contribution in [3.05, 3.63) is 71.8 Å². The number of rotatable bonds is 12. The van der Waals surface area contributed by atoms with Crippen molar-refractivity contribution in [2.75, 3.05) is 18.2 Å². The Bertz CT molecular complexity index is 925. The molecule has 0 bridgehead atoms. The summed E-state index contributed by atoms with van der Waals surface area (Å²) in [7, 11) is -3.66. The van der Waals surface area contributed by atoms with Gasteiger partial charge in [0.25, 0.3) is 0 Å². The number of halogens is 1. The van der Waals surface area contributed by atoms with Gasteiger partial charge in [-0.3, -0.25) is 0 Å². The number of hydrogen-bond acceptors (Lipinski definition) is 6. The molecule has 0 aliphatic rings. The summed E-state index contributed by atoms with van der Waals surface area (Å²) < 4.78 is 36.7. The van der Waals surface area contributed by atoms with E-state index in [2.05, 4.69) is 10.0 Å². The summed E-state index contributed by atoms with van der Waals surface area (Å²) in [5, 5.41) is 2.40. The summed E-state index contributed by atoms with van der Waals surface area (Å²) in [6, 6.07) is 16.8. The van der Waals surface area contributed by atoms with E-state index in [-0.39, 0.29) is 32.1 Å². The number of ether oxygens (including phenoxy) is 2. The second kappa shape index (κ2) is 12.9. The van der Waals surface area contributed by atoms with Crippen LogP contribution in [0, 0.1) is 0 Å². The Labute approximate surface area is 186 Å². The van der Waals surface area contributed by atoms with E-state index in [9.17, 15) is 18.0 Å². The molecule has 2 rings (SSSR count). The second-order valence-electron chi connectivity index (χ2n) is 6.54. The molecule has 0 radical (unpaired) electrons. The van der Waals surface area contributed by atoms with Crippen LogP contribution >= 0.6 is 11.6 Å². The summed E-state index contributed by atoms with van der Waals surface area (Å²) in [5.74, 6) is -1.03. The van der Waals surface area contributed by atoms with Gasteiger partial charge in [-0.1, -0.05) is 60.7 Å². The highest BCUT2D eigenvalue weighted by Gasteiger charge is 2.25. The van der Waals surface area contributed by atoms with Gasteiger partial charge in [-0.15, -0.1) is 11.6 Å². The zero-order chi connectivity index (χ0) is 22.5. The Kier molecular flexibility index (Phi) is 10.3. The van der Waals surface area contributed by atoms with Gasteiger partial charge < -0.3 is 14.8 Å². The number of carbonyl (C=O) groups is 2. The molecule has 1 atom stereocenters. The second-order valence-corrected chi connectivity index (χ2v) is 8.85. The van der Waals surface area contributed by atoms with Crippen molar-refractivity contribution < 1.29 is 27.5 Å². The molecule has 0 aromatic heterocycles. The highest BCUT2D eigenvalue weighted by molar-refractivity contribution is 7.89. The van der Waals surface area contributed by atoms with Crippen LogP contribution in [0.15, 0.2) is 60.7 Å². The molecule has 0 aliphatic heterocycles. The maximum Gasteiger partial charge on any atom is 0.408 e. The molecule has 8 nitrogen and oxygen atoms in total. The number of hydrogen-bond donors (Lipinski definition) is 2. The predicted octanol–water partition coefficient (Wildman–Crippen LogP) is 2.57. The predicted molar refractivity (Wildman–Crippen MR) is 117 cm³/mol. The third-order valence-electron chi connectivity index (χ3n) is 4.10. The van der Waals surface area contributed by atoms with Gasteiger partial charge in [0.2, 0.25) is 10.0 Å². The van der Waals surface area contributed by atoms with Gasteiger partial charge in [-0.2, -0.15) is 0 Å². The van der Waals surface area contributed by atoms with Gasteiger partial charge in [0.05, 0.1) is 5.75 Å². The number of benzene rings is 2. The van der Waals surface area contributed by atoms with Crippen LogP contribution in [0.25, 0.3) is 0 Å². The Morgan fingerprint density at radius 2 is 1.45 bits per heavy atom. The lowest BCUT2D eigenvalue weighted by atomic mass is 10.2. The molecule has 0 heterocycles.